The van der Waals surface area contributed by atoms with Crippen LogP contribution in [0.5, 0.6) is 0 Å². The Morgan fingerprint density at radius 3 is 2.32 bits per heavy atom. The summed E-state index contributed by atoms with van der Waals surface area (Å²) in [5.41, 5.74) is 5.71. The van der Waals surface area contributed by atoms with Crippen LogP contribution in [0.25, 0.3) is 0 Å². The Bertz CT molecular complexity index is 362. The highest BCUT2D eigenvalue weighted by molar-refractivity contribution is 7.98. The fraction of sp³-hybridized carbons (Fsp3) is 0.929. The molecule has 6 atom stereocenters. The molecule has 0 aliphatic heterocycles. The smallest absolute Gasteiger partial charge is 0.323 e. The molecule has 0 amide bonds. The van der Waals surface area contributed by atoms with E-state index in [1.807, 2.05) is 6.26 Å². The predicted octanol–water partition coefficient (Wildman–Crippen LogP) is -2.64. The molecule has 9 nitrogen and oxygen atoms in total. The van der Waals surface area contributed by atoms with Gasteiger partial charge in [-0.15, -0.1) is 0 Å². The zero-order chi connectivity index (χ0) is 19.4. The first-order chi connectivity index (χ1) is 11.8. The fourth-order valence-corrected chi connectivity index (χ4v) is 2.46. The molecule has 1 unspecified atom stereocenters. The first-order valence-corrected chi connectivity index (χ1v) is 9.78. The number of rotatable bonds is 14. The summed E-state index contributed by atoms with van der Waals surface area (Å²) in [7, 11) is 0. The van der Waals surface area contributed by atoms with E-state index in [1.54, 1.807) is 0 Å². The Labute approximate surface area is 156 Å². The summed E-state index contributed by atoms with van der Waals surface area (Å²) in [5, 5.41) is 47.4. The second kappa shape index (κ2) is 14.0. The van der Waals surface area contributed by atoms with Gasteiger partial charge in [0.05, 0.1) is 25.9 Å². The molecule has 7 N–H and O–H groups in total. The van der Waals surface area contributed by atoms with E-state index in [1.165, 1.54) is 11.8 Å². The average molecular weight is 404 g/mol. The van der Waals surface area contributed by atoms with Gasteiger partial charge in [-0.05, 0) is 18.4 Å². The van der Waals surface area contributed by atoms with Crippen LogP contribution in [0, 0.1) is 0 Å². The van der Waals surface area contributed by atoms with Crippen LogP contribution >= 0.6 is 24.4 Å². The number of hydrogen-bond acceptors (Lipinski definition) is 11. The van der Waals surface area contributed by atoms with E-state index in [-0.39, 0.29) is 19.0 Å². The van der Waals surface area contributed by atoms with Crippen molar-refractivity contribution in [1.82, 2.24) is 0 Å². The van der Waals surface area contributed by atoms with Crippen molar-refractivity contribution < 1.29 is 39.8 Å². The minimum atomic E-state index is -1.77. The Balaban J connectivity index is 4.95. The monoisotopic (exact) mass is 403 g/mol. The third-order valence-corrected chi connectivity index (χ3v) is 4.47. The van der Waals surface area contributed by atoms with Gasteiger partial charge in [0.1, 0.15) is 24.4 Å². The molecule has 0 aliphatic rings. The molecule has 0 bridgehead atoms. The minimum Gasteiger partial charge on any atom is -0.456 e. The van der Waals surface area contributed by atoms with Gasteiger partial charge in [0.15, 0.2) is 6.10 Å². The number of carbonyl (C=O) groups excluding carboxylic acids is 1. The maximum Gasteiger partial charge on any atom is 0.323 e. The van der Waals surface area contributed by atoms with Gasteiger partial charge in [0, 0.05) is 5.75 Å². The molecular formula is C14H29NO8S2. The van der Waals surface area contributed by atoms with Crippen LogP contribution in [0.4, 0.5) is 0 Å². The molecule has 0 rings (SSSR count). The molecule has 0 saturated carbocycles. The van der Waals surface area contributed by atoms with Crippen molar-refractivity contribution in [3.8, 4) is 0 Å². The molecule has 25 heavy (non-hydrogen) atoms. The summed E-state index contributed by atoms with van der Waals surface area (Å²) in [6.45, 7) is -1.48. The molecule has 150 valence electrons. The summed E-state index contributed by atoms with van der Waals surface area (Å²) in [4.78, 5) is 12.0. The van der Waals surface area contributed by atoms with Crippen LogP contribution in [0.3, 0.4) is 0 Å². The molecular weight excluding hydrogens is 374 g/mol. The lowest BCUT2D eigenvalue weighted by atomic mass is 10.0. The van der Waals surface area contributed by atoms with Crippen molar-refractivity contribution in [1.29, 1.82) is 0 Å². The topological polar surface area (TPSA) is 163 Å². The minimum absolute atomic E-state index is 0.183. The maximum atomic E-state index is 12.0. The van der Waals surface area contributed by atoms with Crippen molar-refractivity contribution in [2.75, 3.05) is 37.6 Å². The zero-order valence-corrected chi connectivity index (χ0v) is 15.8. The SMILES string of the molecule is CSCC[C@H](N)C(=O)O[C@H](COC(CO)CS)[C@@H](O)[C@H](O)[C@H](O)CO. The predicted molar refractivity (Wildman–Crippen MR) is 96.6 cm³/mol. The number of nitrogens with two attached hydrogens (primary N) is 1. The number of thioether (sulfide) groups is 1. The van der Waals surface area contributed by atoms with Gasteiger partial charge >= 0.3 is 5.97 Å². The lowest BCUT2D eigenvalue weighted by molar-refractivity contribution is -0.177. The number of carbonyl (C=O) groups is 1. The van der Waals surface area contributed by atoms with Gasteiger partial charge in [-0.3, -0.25) is 4.79 Å². The van der Waals surface area contributed by atoms with Crippen molar-refractivity contribution in [2.24, 2.45) is 5.73 Å². The Hall–Kier alpha value is -0.110. The summed E-state index contributed by atoms with van der Waals surface area (Å²) < 4.78 is 10.4. The van der Waals surface area contributed by atoms with Gasteiger partial charge in [-0.25, -0.2) is 0 Å². The summed E-state index contributed by atoms with van der Waals surface area (Å²) in [5.74, 6) is 0.0271. The van der Waals surface area contributed by atoms with Crippen molar-refractivity contribution in [3.05, 3.63) is 0 Å². The van der Waals surface area contributed by atoms with Crippen LogP contribution in [0.1, 0.15) is 6.42 Å². The highest BCUT2D eigenvalue weighted by Crippen LogP contribution is 2.12. The van der Waals surface area contributed by atoms with E-state index >= 15 is 0 Å². The second-order valence-corrected chi connectivity index (χ2v) is 6.77. The number of hydrogen-bond donors (Lipinski definition) is 7. The Kier molecular flexibility index (Phi) is 13.9. The highest BCUT2D eigenvalue weighted by atomic mass is 32.2. The van der Waals surface area contributed by atoms with Crippen LogP contribution in [0.15, 0.2) is 0 Å². The number of aliphatic hydroxyl groups excluding tert-OH is 5. The van der Waals surface area contributed by atoms with E-state index in [2.05, 4.69) is 12.6 Å². The molecule has 11 heteroatoms. The van der Waals surface area contributed by atoms with E-state index in [4.69, 9.17) is 25.4 Å². The van der Waals surface area contributed by atoms with Crippen LogP contribution in [-0.4, -0.2) is 106 Å². The highest BCUT2D eigenvalue weighted by Gasteiger charge is 2.35. The van der Waals surface area contributed by atoms with Crippen molar-refractivity contribution in [2.45, 2.75) is 43.0 Å². The van der Waals surface area contributed by atoms with Crippen LogP contribution in [-0.2, 0) is 14.3 Å². The maximum absolute atomic E-state index is 12.0. The van der Waals surface area contributed by atoms with Crippen LogP contribution < -0.4 is 5.73 Å². The largest absolute Gasteiger partial charge is 0.456 e. The molecule has 0 aromatic rings. The molecule has 0 fully saturated rings. The summed E-state index contributed by atoms with van der Waals surface area (Å²) in [6.07, 6.45) is -4.91. The fourth-order valence-electron chi connectivity index (χ4n) is 1.75. The summed E-state index contributed by atoms with van der Waals surface area (Å²) in [6, 6.07) is -0.916. The quantitative estimate of drug-likeness (QED) is 0.120. The van der Waals surface area contributed by atoms with Gasteiger partial charge in [0.2, 0.25) is 0 Å². The molecule has 0 aliphatic carbocycles. The summed E-state index contributed by atoms with van der Waals surface area (Å²) >= 11 is 5.48. The second-order valence-electron chi connectivity index (χ2n) is 5.41. The number of ether oxygens (including phenoxy) is 2. The van der Waals surface area contributed by atoms with Gasteiger partial charge < -0.3 is 40.7 Å². The van der Waals surface area contributed by atoms with Crippen molar-refractivity contribution in [3.63, 3.8) is 0 Å². The average Bonchev–Trinajstić information content (AvgIpc) is 2.63. The third-order valence-electron chi connectivity index (χ3n) is 3.42. The standard InChI is InChI=1S/C14H29NO8S2/c1-25-3-2-9(15)14(21)23-11(6-22-8(4-16)7-24)13(20)12(19)10(18)5-17/h8-13,16-20,24H,2-7,15H2,1H3/t8?,9-,10+,11+,12+,13+/m0/s1. The lowest BCUT2D eigenvalue weighted by Gasteiger charge is -2.30. The van der Waals surface area contributed by atoms with Crippen molar-refractivity contribution >= 4 is 30.4 Å². The molecule has 0 radical (unpaired) electrons. The number of esters is 1. The normalized spacial score (nSPS) is 18.9. The number of thiol groups is 1. The Morgan fingerprint density at radius 1 is 1.20 bits per heavy atom. The lowest BCUT2D eigenvalue weighted by Crippen LogP contribution is -2.51. The van der Waals surface area contributed by atoms with Gasteiger partial charge in [-0.2, -0.15) is 24.4 Å². The Morgan fingerprint density at radius 2 is 1.84 bits per heavy atom. The number of aliphatic hydroxyl groups is 5. The third kappa shape index (κ3) is 9.40. The molecule has 0 aromatic heterocycles. The van der Waals surface area contributed by atoms with Gasteiger partial charge in [-0.1, -0.05) is 0 Å². The van der Waals surface area contributed by atoms with E-state index in [0.717, 1.165) is 0 Å². The molecule has 0 spiro atoms. The van der Waals surface area contributed by atoms with E-state index in [0.29, 0.717) is 12.2 Å². The van der Waals surface area contributed by atoms with Gasteiger partial charge in [0.25, 0.3) is 0 Å². The zero-order valence-electron chi connectivity index (χ0n) is 14.1. The molecule has 0 saturated heterocycles. The van der Waals surface area contributed by atoms with E-state index < -0.39 is 49.1 Å². The van der Waals surface area contributed by atoms with E-state index in [9.17, 15) is 20.1 Å². The molecule has 0 aromatic carbocycles. The molecule has 0 heterocycles. The van der Waals surface area contributed by atoms with Crippen LogP contribution in [0.2, 0.25) is 0 Å². The first kappa shape index (κ1) is 24.9. The first-order valence-electron chi connectivity index (χ1n) is 7.75.